The van der Waals surface area contributed by atoms with Crippen molar-refractivity contribution in [3.63, 3.8) is 0 Å². The summed E-state index contributed by atoms with van der Waals surface area (Å²) >= 11 is 0. The first-order valence-electron chi connectivity index (χ1n) is 5.66. The van der Waals surface area contributed by atoms with E-state index < -0.39 is 17.9 Å². The van der Waals surface area contributed by atoms with Crippen molar-refractivity contribution in [2.75, 3.05) is 0 Å². The molecular weight excluding hydrogens is 220 g/mol. The Morgan fingerprint density at radius 2 is 1.53 bits per heavy atom. The van der Waals surface area contributed by atoms with Crippen LogP contribution in [0.5, 0.6) is 0 Å². The lowest BCUT2D eigenvalue weighted by atomic mass is 10.2. The normalized spacial score (nSPS) is 12.4. The van der Waals surface area contributed by atoms with E-state index in [2.05, 4.69) is 35.6 Å². The molecule has 0 fully saturated rings. The monoisotopic (exact) mass is 244 g/mol. The quantitative estimate of drug-likeness (QED) is 0.407. The second kappa shape index (κ2) is 6.95. The van der Waals surface area contributed by atoms with Crippen LogP contribution < -0.4 is 0 Å². The molecule has 0 saturated carbocycles. The minimum absolute atomic E-state index is 0.250. The molecule has 0 spiro atoms. The second-order valence-corrected chi connectivity index (χ2v) is 10.6. The van der Waals surface area contributed by atoms with E-state index in [1.165, 1.54) is 0 Å². The number of hydrazone groups is 1. The topological polar surface area (TPSA) is 32.7 Å². The van der Waals surface area contributed by atoms with Crippen molar-refractivity contribution in [1.82, 2.24) is 4.34 Å². The molecule has 0 amide bonds. The SMILES string of the molecule is CC(=O)CCC(C)=NN([SiH](C)C)[SiH](C)C. The average Bonchev–Trinajstić information content (AvgIpc) is 2.09. The average molecular weight is 244 g/mol. The van der Waals surface area contributed by atoms with E-state index in [9.17, 15) is 4.79 Å². The Labute approximate surface area is 96.9 Å². The van der Waals surface area contributed by atoms with Crippen molar-refractivity contribution in [1.29, 1.82) is 0 Å². The largest absolute Gasteiger partial charge is 0.355 e. The summed E-state index contributed by atoms with van der Waals surface area (Å²) in [6, 6.07) is 0. The van der Waals surface area contributed by atoms with E-state index in [-0.39, 0.29) is 5.78 Å². The van der Waals surface area contributed by atoms with Crippen molar-refractivity contribution in [2.24, 2.45) is 5.10 Å². The van der Waals surface area contributed by atoms with Gasteiger partial charge in [-0.05, 0) is 20.3 Å². The van der Waals surface area contributed by atoms with Gasteiger partial charge in [-0.3, -0.25) is 0 Å². The maximum atomic E-state index is 10.9. The van der Waals surface area contributed by atoms with Crippen molar-refractivity contribution >= 4 is 29.4 Å². The standard InChI is InChI=1S/C10H24N2OSi2/c1-9(7-8-10(2)13)11-12(14(3)4)15(5)6/h14-15H,7-8H2,1-6H3. The van der Waals surface area contributed by atoms with Gasteiger partial charge in [0.1, 0.15) is 23.7 Å². The minimum Gasteiger partial charge on any atom is -0.355 e. The summed E-state index contributed by atoms with van der Waals surface area (Å²) in [6.45, 7) is 12.9. The minimum atomic E-state index is -0.826. The maximum absolute atomic E-state index is 10.9. The van der Waals surface area contributed by atoms with E-state index in [1.807, 2.05) is 6.92 Å². The van der Waals surface area contributed by atoms with Crippen LogP contribution >= 0.6 is 0 Å². The highest BCUT2D eigenvalue weighted by Gasteiger charge is 2.12. The van der Waals surface area contributed by atoms with Gasteiger partial charge in [-0.25, -0.2) is 5.10 Å². The highest BCUT2D eigenvalue weighted by Crippen LogP contribution is 2.03. The fourth-order valence-corrected chi connectivity index (χ4v) is 7.06. The molecule has 0 aliphatic carbocycles. The molecule has 3 nitrogen and oxygen atoms in total. The fourth-order valence-electron chi connectivity index (χ4n) is 1.43. The van der Waals surface area contributed by atoms with Gasteiger partial charge < -0.3 is 9.13 Å². The lowest BCUT2D eigenvalue weighted by Crippen LogP contribution is -2.39. The Bertz CT molecular complexity index is 232. The van der Waals surface area contributed by atoms with Crippen LogP contribution in [0.15, 0.2) is 5.10 Å². The van der Waals surface area contributed by atoms with Crippen molar-refractivity contribution < 1.29 is 4.79 Å². The third-order valence-electron chi connectivity index (χ3n) is 2.18. The molecule has 15 heavy (non-hydrogen) atoms. The summed E-state index contributed by atoms with van der Waals surface area (Å²) in [6.07, 6.45) is 1.44. The van der Waals surface area contributed by atoms with Gasteiger partial charge >= 0.3 is 0 Å². The van der Waals surface area contributed by atoms with Crippen LogP contribution in [0.25, 0.3) is 0 Å². The first-order valence-corrected chi connectivity index (χ1v) is 11.3. The molecule has 0 aromatic rings. The van der Waals surface area contributed by atoms with Crippen molar-refractivity contribution in [3.05, 3.63) is 0 Å². The summed E-state index contributed by atoms with van der Waals surface area (Å²) in [5.41, 5.74) is 1.10. The van der Waals surface area contributed by atoms with Gasteiger partial charge in [-0.15, -0.1) is 0 Å². The van der Waals surface area contributed by atoms with Gasteiger partial charge in [0.15, 0.2) is 0 Å². The molecule has 0 aromatic heterocycles. The molecule has 0 N–H and O–H groups in total. The number of rotatable bonds is 6. The third-order valence-corrected chi connectivity index (χ3v) is 8.11. The van der Waals surface area contributed by atoms with Gasteiger partial charge in [0.2, 0.25) is 0 Å². The number of carbonyl (C=O) groups excluding carboxylic acids is 1. The number of nitrogens with zero attached hydrogens (tertiary/aromatic N) is 2. The molecule has 88 valence electrons. The predicted octanol–water partition coefficient (Wildman–Crippen LogP) is 2.00. The molecule has 0 aromatic carbocycles. The Hall–Kier alpha value is -0.426. The number of hydrogen-bond acceptors (Lipinski definition) is 3. The van der Waals surface area contributed by atoms with Crippen molar-refractivity contribution in [2.45, 2.75) is 52.9 Å². The predicted molar refractivity (Wildman–Crippen MR) is 72.6 cm³/mol. The van der Waals surface area contributed by atoms with E-state index in [0.29, 0.717) is 6.42 Å². The van der Waals surface area contributed by atoms with Gasteiger partial charge in [0, 0.05) is 12.1 Å². The molecule has 0 unspecified atom stereocenters. The summed E-state index contributed by atoms with van der Waals surface area (Å²) in [7, 11) is -1.65. The van der Waals surface area contributed by atoms with Crippen LogP contribution in [-0.4, -0.2) is 33.8 Å². The van der Waals surface area contributed by atoms with Crippen molar-refractivity contribution in [3.8, 4) is 0 Å². The summed E-state index contributed by atoms with van der Waals surface area (Å²) in [5.74, 6) is 0.250. The maximum Gasteiger partial charge on any atom is 0.144 e. The molecule has 5 heteroatoms. The van der Waals surface area contributed by atoms with Crippen LogP contribution in [0.2, 0.25) is 26.2 Å². The molecule has 0 bridgehead atoms. The van der Waals surface area contributed by atoms with E-state index in [4.69, 9.17) is 0 Å². The number of carbonyl (C=O) groups is 1. The molecule has 0 saturated heterocycles. The molecule has 0 aliphatic rings. The lowest BCUT2D eigenvalue weighted by Gasteiger charge is -2.27. The highest BCUT2D eigenvalue weighted by atomic mass is 28.3. The summed E-state index contributed by atoms with van der Waals surface area (Å²) in [5, 5.41) is 4.67. The van der Waals surface area contributed by atoms with E-state index in [1.54, 1.807) is 6.92 Å². The zero-order valence-electron chi connectivity index (χ0n) is 10.9. The van der Waals surface area contributed by atoms with Gasteiger partial charge in [-0.2, -0.15) is 0 Å². The van der Waals surface area contributed by atoms with E-state index in [0.717, 1.165) is 12.1 Å². The molecule has 0 radical (unpaired) electrons. The van der Waals surface area contributed by atoms with Gasteiger partial charge in [0.05, 0.1) is 0 Å². The molecular formula is C10H24N2OSi2. The Morgan fingerprint density at radius 3 is 1.87 bits per heavy atom. The molecule has 0 aliphatic heterocycles. The second-order valence-electron chi connectivity index (χ2n) is 4.60. The first kappa shape index (κ1) is 14.6. The first-order chi connectivity index (χ1) is 6.84. The summed E-state index contributed by atoms with van der Waals surface area (Å²) < 4.78 is 2.36. The van der Waals surface area contributed by atoms with Crippen LogP contribution in [0.4, 0.5) is 0 Å². The molecule has 0 heterocycles. The number of Topliss-reactive ketones (excluding diaryl/α,β-unsaturated/α-hetero) is 1. The third kappa shape index (κ3) is 6.62. The zero-order chi connectivity index (χ0) is 12.0. The van der Waals surface area contributed by atoms with Crippen LogP contribution in [0.3, 0.4) is 0 Å². The van der Waals surface area contributed by atoms with Gasteiger partial charge in [0.25, 0.3) is 0 Å². The fraction of sp³-hybridized carbons (Fsp3) is 0.800. The molecule has 0 rings (SSSR count). The van der Waals surface area contributed by atoms with Crippen LogP contribution in [-0.2, 0) is 4.79 Å². The Kier molecular flexibility index (Phi) is 6.75. The highest BCUT2D eigenvalue weighted by molar-refractivity contribution is 6.69. The van der Waals surface area contributed by atoms with Crippen LogP contribution in [0.1, 0.15) is 26.7 Å². The number of hydrogen-bond donors (Lipinski definition) is 0. The Morgan fingerprint density at radius 1 is 1.07 bits per heavy atom. The zero-order valence-corrected chi connectivity index (χ0v) is 13.2. The Balaban J connectivity index is 4.34. The van der Waals surface area contributed by atoms with Gasteiger partial charge in [-0.1, -0.05) is 26.2 Å². The smallest absolute Gasteiger partial charge is 0.144 e. The summed E-state index contributed by atoms with van der Waals surface area (Å²) in [4.78, 5) is 10.9. The molecule has 0 atom stereocenters. The lowest BCUT2D eigenvalue weighted by molar-refractivity contribution is -0.116. The van der Waals surface area contributed by atoms with E-state index >= 15 is 0 Å². The number of ketones is 1. The van der Waals surface area contributed by atoms with Crippen LogP contribution in [0, 0.1) is 0 Å².